The zero-order valence-corrected chi connectivity index (χ0v) is 9.59. The highest BCUT2D eigenvalue weighted by molar-refractivity contribution is 5.88. The van der Waals surface area contributed by atoms with E-state index >= 15 is 0 Å². The molecule has 0 spiro atoms. The number of amides is 1. The molecule has 2 rings (SSSR count). The molecule has 4 atom stereocenters. The SMILES string of the molecule is C[C@]1(CO)O[C@@H](n2cnc(C(N)=O)n2)[C@@H](O)[C@H]1O. The molecule has 1 amide bonds. The first-order chi connectivity index (χ1) is 8.39. The topological polar surface area (TPSA) is 144 Å². The average molecular weight is 258 g/mol. The molecular weight excluding hydrogens is 244 g/mol. The van der Waals surface area contributed by atoms with Gasteiger partial charge in [0.25, 0.3) is 5.91 Å². The number of aromatic nitrogens is 3. The van der Waals surface area contributed by atoms with Crippen molar-refractivity contribution in [3.8, 4) is 0 Å². The summed E-state index contributed by atoms with van der Waals surface area (Å²) in [5.74, 6) is -1.04. The van der Waals surface area contributed by atoms with Crippen molar-refractivity contribution in [3.05, 3.63) is 12.2 Å². The standard InChI is InChI=1S/C9H14N4O5/c1-9(2-14)5(16)4(15)8(18-9)13-3-11-7(12-13)6(10)17/h3-5,8,14-16H,2H2,1H3,(H2,10,17)/t4-,5+,8+,9+/m0/s1. The molecule has 0 saturated carbocycles. The number of aliphatic hydroxyl groups is 3. The number of ether oxygens (including phenoxy) is 1. The fraction of sp³-hybridized carbons (Fsp3) is 0.667. The maximum Gasteiger partial charge on any atom is 0.288 e. The number of hydrogen-bond acceptors (Lipinski definition) is 7. The minimum absolute atomic E-state index is 0.224. The molecule has 1 aromatic heterocycles. The number of carbonyl (C=O) groups excluding carboxylic acids is 1. The minimum Gasteiger partial charge on any atom is -0.393 e. The number of hydrogen-bond donors (Lipinski definition) is 4. The predicted octanol–water partition coefficient (Wildman–Crippen LogP) is -2.62. The summed E-state index contributed by atoms with van der Waals surface area (Å²) in [5, 5.41) is 32.5. The smallest absolute Gasteiger partial charge is 0.288 e. The van der Waals surface area contributed by atoms with Crippen molar-refractivity contribution >= 4 is 5.91 Å². The van der Waals surface area contributed by atoms with Crippen LogP contribution in [0.15, 0.2) is 6.33 Å². The van der Waals surface area contributed by atoms with E-state index in [4.69, 9.17) is 15.6 Å². The van der Waals surface area contributed by atoms with Crippen molar-refractivity contribution in [2.75, 3.05) is 6.61 Å². The molecule has 1 fully saturated rings. The van der Waals surface area contributed by atoms with Crippen molar-refractivity contribution in [1.82, 2.24) is 14.8 Å². The van der Waals surface area contributed by atoms with Gasteiger partial charge in [-0.15, -0.1) is 5.10 Å². The van der Waals surface area contributed by atoms with E-state index in [9.17, 15) is 15.0 Å². The van der Waals surface area contributed by atoms with Gasteiger partial charge in [0.15, 0.2) is 6.23 Å². The highest BCUT2D eigenvalue weighted by Gasteiger charge is 2.52. The number of nitrogens with two attached hydrogens (primary N) is 1. The van der Waals surface area contributed by atoms with Gasteiger partial charge in [0.05, 0.1) is 6.61 Å². The molecule has 5 N–H and O–H groups in total. The van der Waals surface area contributed by atoms with Crippen LogP contribution in [0.5, 0.6) is 0 Å². The summed E-state index contributed by atoms with van der Waals surface area (Å²) < 4.78 is 6.44. The summed E-state index contributed by atoms with van der Waals surface area (Å²) in [6, 6.07) is 0. The van der Waals surface area contributed by atoms with Crippen molar-refractivity contribution in [2.24, 2.45) is 5.73 Å². The van der Waals surface area contributed by atoms with Crippen LogP contribution in [0, 0.1) is 0 Å². The summed E-state index contributed by atoms with van der Waals surface area (Å²) in [7, 11) is 0. The van der Waals surface area contributed by atoms with E-state index in [1.54, 1.807) is 0 Å². The molecule has 0 aliphatic carbocycles. The Morgan fingerprint density at radius 3 is 2.78 bits per heavy atom. The van der Waals surface area contributed by atoms with E-state index in [-0.39, 0.29) is 5.82 Å². The third kappa shape index (κ3) is 1.86. The van der Waals surface area contributed by atoms with Gasteiger partial charge in [0.2, 0.25) is 5.82 Å². The third-order valence-electron chi connectivity index (χ3n) is 2.93. The summed E-state index contributed by atoms with van der Waals surface area (Å²) >= 11 is 0. The van der Waals surface area contributed by atoms with Crippen LogP contribution < -0.4 is 5.73 Å². The number of primary amides is 1. The molecule has 9 heteroatoms. The fourth-order valence-electron chi connectivity index (χ4n) is 1.78. The number of nitrogens with zero attached hydrogens (tertiary/aromatic N) is 3. The van der Waals surface area contributed by atoms with Gasteiger partial charge in [-0.1, -0.05) is 0 Å². The van der Waals surface area contributed by atoms with Crippen LogP contribution in [0.25, 0.3) is 0 Å². The quantitative estimate of drug-likeness (QED) is 0.464. The van der Waals surface area contributed by atoms with Gasteiger partial charge < -0.3 is 25.8 Å². The summed E-state index contributed by atoms with van der Waals surface area (Å²) in [5.41, 5.74) is 3.69. The molecule has 0 unspecified atom stereocenters. The van der Waals surface area contributed by atoms with Crippen LogP contribution in [0.4, 0.5) is 0 Å². The molecule has 100 valence electrons. The molecule has 1 saturated heterocycles. The monoisotopic (exact) mass is 258 g/mol. The van der Waals surface area contributed by atoms with Crippen LogP contribution in [0.1, 0.15) is 23.8 Å². The van der Waals surface area contributed by atoms with E-state index < -0.39 is 36.6 Å². The zero-order valence-electron chi connectivity index (χ0n) is 9.59. The van der Waals surface area contributed by atoms with Crippen molar-refractivity contribution in [1.29, 1.82) is 0 Å². The maximum absolute atomic E-state index is 10.8. The highest BCUT2D eigenvalue weighted by Crippen LogP contribution is 2.36. The van der Waals surface area contributed by atoms with E-state index in [0.717, 1.165) is 11.0 Å². The van der Waals surface area contributed by atoms with Crippen LogP contribution in [0.3, 0.4) is 0 Å². The Bertz CT molecular complexity index is 464. The van der Waals surface area contributed by atoms with Crippen molar-refractivity contribution in [2.45, 2.75) is 31.0 Å². The molecule has 1 aromatic rings. The van der Waals surface area contributed by atoms with Gasteiger partial charge in [-0.2, -0.15) is 0 Å². The second kappa shape index (κ2) is 4.28. The number of aliphatic hydroxyl groups excluding tert-OH is 3. The maximum atomic E-state index is 10.8. The van der Waals surface area contributed by atoms with E-state index in [1.165, 1.54) is 6.92 Å². The first kappa shape index (κ1) is 12.9. The Kier molecular flexibility index (Phi) is 3.07. The lowest BCUT2D eigenvalue weighted by Crippen LogP contribution is -2.43. The molecule has 0 aromatic carbocycles. The molecule has 1 aliphatic rings. The lowest BCUT2D eigenvalue weighted by Gasteiger charge is -2.24. The van der Waals surface area contributed by atoms with Crippen molar-refractivity contribution in [3.63, 3.8) is 0 Å². The number of rotatable bonds is 3. The molecule has 2 heterocycles. The van der Waals surface area contributed by atoms with Gasteiger partial charge in [-0.3, -0.25) is 4.79 Å². The molecular formula is C9H14N4O5. The second-order valence-electron chi connectivity index (χ2n) is 4.33. The van der Waals surface area contributed by atoms with Crippen LogP contribution in [0.2, 0.25) is 0 Å². The van der Waals surface area contributed by atoms with E-state index in [1.807, 2.05) is 0 Å². The molecule has 0 bridgehead atoms. The van der Waals surface area contributed by atoms with E-state index in [0.29, 0.717) is 0 Å². The van der Waals surface area contributed by atoms with Crippen LogP contribution in [-0.2, 0) is 4.74 Å². The first-order valence-electron chi connectivity index (χ1n) is 5.25. The lowest BCUT2D eigenvalue weighted by molar-refractivity contribution is -0.120. The Balaban J connectivity index is 2.26. The normalized spacial score (nSPS) is 35.9. The average Bonchev–Trinajstić information content (AvgIpc) is 2.90. The highest BCUT2D eigenvalue weighted by atomic mass is 16.6. The largest absolute Gasteiger partial charge is 0.393 e. The molecule has 1 aliphatic heterocycles. The minimum atomic E-state index is -1.30. The molecule has 18 heavy (non-hydrogen) atoms. The van der Waals surface area contributed by atoms with Crippen molar-refractivity contribution < 1.29 is 24.9 Å². The zero-order chi connectivity index (χ0) is 13.5. The second-order valence-corrected chi connectivity index (χ2v) is 4.33. The van der Waals surface area contributed by atoms with Crippen LogP contribution >= 0.6 is 0 Å². The summed E-state index contributed by atoms with van der Waals surface area (Å²) in [6.45, 7) is 0.978. The van der Waals surface area contributed by atoms with Gasteiger partial charge in [-0.05, 0) is 6.92 Å². The predicted molar refractivity (Wildman–Crippen MR) is 56.2 cm³/mol. The Labute approximate surface area is 102 Å². The Hall–Kier alpha value is -1.55. The lowest BCUT2D eigenvalue weighted by atomic mass is 9.99. The Morgan fingerprint density at radius 1 is 1.67 bits per heavy atom. The van der Waals surface area contributed by atoms with Gasteiger partial charge in [-0.25, -0.2) is 9.67 Å². The summed E-state index contributed by atoms with van der Waals surface area (Å²) in [6.07, 6.45) is -2.47. The Morgan fingerprint density at radius 2 is 2.33 bits per heavy atom. The van der Waals surface area contributed by atoms with Gasteiger partial charge in [0.1, 0.15) is 24.1 Å². The summed E-state index contributed by atoms with van der Waals surface area (Å²) in [4.78, 5) is 14.5. The molecule has 9 nitrogen and oxygen atoms in total. The van der Waals surface area contributed by atoms with Gasteiger partial charge in [0, 0.05) is 0 Å². The first-order valence-corrected chi connectivity index (χ1v) is 5.25. The fourth-order valence-corrected chi connectivity index (χ4v) is 1.78. The van der Waals surface area contributed by atoms with Crippen LogP contribution in [-0.4, -0.2) is 60.4 Å². The van der Waals surface area contributed by atoms with E-state index in [2.05, 4.69) is 10.1 Å². The third-order valence-corrected chi connectivity index (χ3v) is 2.93. The molecule has 0 radical (unpaired) electrons. The number of carbonyl (C=O) groups is 1. The van der Waals surface area contributed by atoms with Gasteiger partial charge >= 0.3 is 0 Å².